The molecule has 0 saturated carbocycles. The second-order valence-corrected chi connectivity index (χ2v) is 3.60. The van der Waals surface area contributed by atoms with Crippen molar-refractivity contribution in [3.63, 3.8) is 0 Å². The van der Waals surface area contributed by atoms with E-state index < -0.39 is 0 Å². The fraction of sp³-hybridized carbons (Fsp3) is 0.0667. The molecule has 0 aliphatic rings. The molecule has 0 radical (unpaired) electrons. The fourth-order valence-corrected chi connectivity index (χ4v) is 1.66. The van der Waals surface area contributed by atoms with Crippen LogP contribution in [-0.2, 0) is 0 Å². The van der Waals surface area contributed by atoms with Gasteiger partial charge in [-0.25, -0.2) is 0 Å². The zero-order valence-electron chi connectivity index (χ0n) is 9.74. The SMILES string of the molecule is [N-]=[N+]=NCC#Cc1ccccc1-c1ccccc1. The highest BCUT2D eigenvalue weighted by atomic mass is 15.1. The fourth-order valence-electron chi connectivity index (χ4n) is 1.66. The van der Waals surface area contributed by atoms with Crippen LogP contribution in [0.5, 0.6) is 0 Å². The summed E-state index contributed by atoms with van der Waals surface area (Å²) in [6.45, 7) is 0.194. The third kappa shape index (κ3) is 2.91. The lowest BCUT2D eigenvalue weighted by Gasteiger charge is -2.03. The molecule has 0 amide bonds. The summed E-state index contributed by atoms with van der Waals surface area (Å²) in [4.78, 5) is 2.67. The van der Waals surface area contributed by atoms with Gasteiger partial charge in [0.2, 0.25) is 0 Å². The van der Waals surface area contributed by atoms with Crippen molar-refractivity contribution < 1.29 is 0 Å². The van der Waals surface area contributed by atoms with Gasteiger partial charge >= 0.3 is 0 Å². The van der Waals surface area contributed by atoms with E-state index in [4.69, 9.17) is 5.53 Å². The average Bonchev–Trinajstić information content (AvgIpc) is 2.45. The maximum atomic E-state index is 8.19. The van der Waals surface area contributed by atoms with Gasteiger partial charge in [-0.05, 0) is 22.7 Å². The minimum atomic E-state index is 0.194. The summed E-state index contributed by atoms with van der Waals surface area (Å²) in [7, 11) is 0. The van der Waals surface area contributed by atoms with Crippen LogP contribution in [-0.4, -0.2) is 6.54 Å². The molecule has 0 spiro atoms. The van der Waals surface area contributed by atoms with E-state index in [0.717, 1.165) is 16.7 Å². The molecule has 3 heteroatoms. The van der Waals surface area contributed by atoms with Crippen LogP contribution < -0.4 is 0 Å². The van der Waals surface area contributed by atoms with Crippen LogP contribution >= 0.6 is 0 Å². The van der Waals surface area contributed by atoms with Gasteiger partial charge in [0.05, 0.1) is 6.54 Å². The highest BCUT2D eigenvalue weighted by Crippen LogP contribution is 2.22. The molecule has 0 aliphatic carbocycles. The van der Waals surface area contributed by atoms with Gasteiger partial charge in [0.1, 0.15) is 0 Å². The summed E-state index contributed by atoms with van der Waals surface area (Å²) in [6, 6.07) is 18.0. The van der Waals surface area contributed by atoms with Crippen molar-refractivity contribution in [3.8, 4) is 23.0 Å². The van der Waals surface area contributed by atoms with Gasteiger partial charge in [-0.1, -0.05) is 65.5 Å². The van der Waals surface area contributed by atoms with E-state index in [9.17, 15) is 0 Å². The largest absolute Gasteiger partial charge is 0.0919 e. The standard InChI is InChI=1S/C15H11N3/c16-18-17-12-6-10-14-9-4-5-11-15(14)13-7-2-1-3-8-13/h1-5,7-9,11H,12H2. The highest BCUT2D eigenvalue weighted by Gasteiger charge is 2.00. The minimum absolute atomic E-state index is 0.194. The summed E-state index contributed by atoms with van der Waals surface area (Å²) in [6.07, 6.45) is 0. The van der Waals surface area contributed by atoms with Crippen LogP contribution in [0.3, 0.4) is 0 Å². The van der Waals surface area contributed by atoms with E-state index >= 15 is 0 Å². The van der Waals surface area contributed by atoms with Crippen LogP contribution in [0.15, 0.2) is 59.7 Å². The predicted octanol–water partition coefficient (Wildman–Crippen LogP) is 4.02. The van der Waals surface area contributed by atoms with Gasteiger partial charge in [0, 0.05) is 10.5 Å². The zero-order chi connectivity index (χ0) is 12.6. The quantitative estimate of drug-likeness (QED) is 0.325. The van der Waals surface area contributed by atoms with Crippen LogP contribution in [0.1, 0.15) is 5.56 Å². The van der Waals surface area contributed by atoms with Crippen LogP contribution in [0.25, 0.3) is 21.6 Å². The smallest absolute Gasteiger partial charge is 0.0880 e. The van der Waals surface area contributed by atoms with Crippen LogP contribution in [0, 0.1) is 11.8 Å². The van der Waals surface area contributed by atoms with E-state index in [1.165, 1.54) is 0 Å². The molecule has 2 aromatic rings. The van der Waals surface area contributed by atoms with E-state index in [1.807, 2.05) is 54.6 Å². The third-order valence-electron chi connectivity index (χ3n) is 2.45. The van der Waals surface area contributed by atoms with Gasteiger partial charge < -0.3 is 0 Å². The zero-order valence-corrected chi connectivity index (χ0v) is 9.74. The molecule has 2 aromatic carbocycles. The summed E-state index contributed by atoms with van der Waals surface area (Å²) < 4.78 is 0. The van der Waals surface area contributed by atoms with Crippen LogP contribution in [0.4, 0.5) is 0 Å². The number of nitrogens with zero attached hydrogens (tertiary/aromatic N) is 3. The minimum Gasteiger partial charge on any atom is -0.0919 e. The lowest BCUT2D eigenvalue weighted by molar-refractivity contribution is 1.25. The van der Waals surface area contributed by atoms with Gasteiger partial charge in [-0.3, -0.25) is 0 Å². The number of hydrogen-bond acceptors (Lipinski definition) is 1. The number of rotatable bonds is 2. The molecule has 0 bridgehead atoms. The Hall–Kier alpha value is -2.69. The molecule has 0 heterocycles. The van der Waals surface area contributed by atoms with Crippen molar-refractivity contribution in [2.45, 2.75) is 0 Å². The molecule has 0 saturated heterocycles. The first-order valence-electron chi connectivity index (χ1n) is 5.56. The molecule has 2 rings (SSSR count). The van der Waals surface area contributed by atoms with Gasteiger partial charge in [-0.15, -0.1) is 0 Å². The topological polar surface area (TPSA) is 48.8 Å². The normalized spacial score (nSPS) is 8.89. The molecular formula is C15H11N3. The molecule has 0 aliphatic heterocycles. The second-order valence-electron chi connectivity index (χ2n) is 3.60. The summed E-state index contributed by atoms with van der Waals surface area (Å²) in [5, 5.41) is 3.40. The number of azide groups is 1. The highest BCUT2D eigenvalue weighted by molar-refractivity contribution is 5.70. The maximum absolute atomic E-state index is 8.19. The first-order chi connectivity index (χ1) is 8.92. The summed E-state index contributed by atoms with van der Waals surface area (Å²) in [5.41, 5.74) is 11.3. The van der Waals surface area contributed by atoms with Crippen molar-refractivity contribution >= 4 is 0 Å². The molecule has 0 N–H and O–H groups in total. The molecule has 86 valence electrons. The molecule has 3 nitrogen and oxygen atoms in total. The monoisotopic (exact) mass is 233 g/mol. The van der Waals surface area contributed by atoms with E-state index in [-0.39, 0.29) is 6.54 Å². The number of hydrogen-bond donors (Lipinski definition) is 0. The Morgan fingerprint density at radius 1 is 1.00 bits per heavy atom. The maximum Gasteiger partial charge on any atom is 0.0880 e. The van der Waals surface area contributed by atoms with Gasteiger partial charge in [0.15, 0.2) is 0 Å². The molecule has 0 unspecified atom stereocenters. The molecule has 0 aromatic heterocycles. The van der Waals surface area contributed by atoms with Crippen molar-refractivity contribution in [3.05, 3.63) is 70.6 Å². The lowest BCUT2D eigenvalue weighted by Crippen LogP contribution is -1.83. The number of benzene rings is 2. The Bertz CT molecular complexity index is 630. The van der Waals surface area contributed by atoms with E-state index in [2.05, 4.69) is 21.9 Å². The Morgan fingerprint density at radius 2 is 1.72 bits per heavy atom. The third-order valence-corrected chi connectivity index (χ3v) is 2.45. The Morgan fingerprint density at radius 3 is 2.50 bits per heavy atom. The second kappa shape index (κ2) is 6.15. The lowest BCUT2D eigenvalue weighted by atomic mass is 10.0. The van der Waals surface area contributed by atoms with Crippen molar-refractivity contribution in [2.75, 3.05) is 6.54 Å². The van der Waals surface area contributed by atoms with Crippen molar-refractivity contribution in [1.29, 1.82) is 0 Å². The Labute approximate surface area is 106 Å². The molecular weight excluding hydrogens is 222 g/mol. The van der Waals surface area contributed by atoms with Crippen LogP contribution in [0.2, 0.25) is 0 Å². The molecule has 0 fully saturated rings. The van der Waals surface area contributed by atoms with Gasteiger partial charge in [-0.2, -0.15) is 0 Å². The molecule has 18 heavy (non-hydrogen) atoms. The summed E-state index contributed by atoms with van der Waals surface area (Å²) >= 11 is 0. The van der Waals surface area contributed by atoms with E-state index in [1.54, 1.807) is 0 Å². The Kier molecular flexibility index (Phi) is 4.02. The van der Waals surface area contributed by atoms with Gasteiger partial charge in [0.25, 0.3) is 0 Å². The van der Waals surface area contributed by atoms with Crippen molar-refractivity contribution in [2.24, 2.45) is 5.11 Å². The van der Waals surface area contributed by atoms with E-state index in [0.29, 0.717) is 0 Å². The molecule has 0 atom stereocenters. The first kappa shape index (κ1) is 11.8. The predicted molar refractivity (Wildman–Crippen MR) is 72.8 cm³/mol. The van der Waals surface area contributed by atoms with Crippen molar-refractivity contribution in [1.82, 2.24) is 0 Å². The Balaban J connectivity index is 2.36. The first-order valence-corrected chi connectivity index (χ1v) is 5.56. The average molecular weight is 233 g/mol. The summed E-state index contributed by atoms with van der Waals surface area (Å²) in [5.74, 6) is 5.87.